The topological polar surface area (TPSA) is 284 Å². The normalized spacial score (nSPS) is 10.8. The van der Waals surface area contributed by atoms with Crippen molar-refractivity contribution in [3.63, 3.8) is 0 Å². The number of carbonyl (C=O) groups excluding carboxylic acids is 5. The van der Waals surface area contributed by atoms with Gasteiger partial charge in [0.05, 0.1) is 30.1 Å². The minimum atomic E-state index is -0.475. The molecule has 0 radical (unpaired) electrons. The summed E-state index contributed by atoms with van der Waals surface area (Å²) >= 11 is 4.67. The smallest absolute Gasteiger partial charge is 0.261 e. The summed E-state index contributed by atoms with van der Waals surface area (Å²) in [5.74, 6) is -1.59. The van der Waals surface area contributed by atoms with Gasteiger partial charge in [-0.25, -0.2) is 4.68 Å². The first-order chi connectivity index (χ1) is 19.8. The summed E-state index contributed by atoms with van der Waals surface area (Å²) in [5, 5.41) is 22.7. The van der Waals surface area contributed by atoms with E-state index in [0.29, 0.717) is 18.0 Å². The second kappa shape index (κ2) is 21.4. The highest BCUT2D eigenvalue weighted by Gasteiger charge is 2.23. The largest absolute Gasteiger partial charge is 0.376 e. The van der Waals surface area contributed by atoms with E-state index < -0.39 is 11.8 Å². The van der Waals surface area contributed by atoms with Crippen LogP contribution in [0.1, 0.15) is 32.5 Å². The van der Waals surface area contributed by atoms with Crippen molar-refractivity contribution in [2.45, 2.75) is 40.7 Å². The highest BCUT2D eigenvalue weighted by atomic mass is 32.1. The van der Waals surface area contributed by atoms with Gasteiger partial charge in [0.15, 0.2) is 18.2 Å². The number of benzene rings is 1. The molecule has 11 N–H and O–H groups in total. The zero-order valence-electron chi connectivity index (χ0n) is 23.1. The summed E-state index contributed by atoms with van der Waals surface area (Å²) < 4.78 is 2.76. The number of hydrogen-bond donors (Lipinski definition) is 7. The Morgan fingerprint density at radius 1 is 0.886 bits per heavy atom. The Morgan fingerprint density at radius 2 is 1.48 bits per heavy atom. The summed E-state index contributed by atoms with van der Waals surface area (Å²) in [6, 6.07) is 7.17. The fraction of sp³-hybridized carbons (Fsp3) is 0.400. The van der Waals surface area contributed by atoms with E-state index in [4.69, 9.17) is 22.9 Å². The summed E-state index contributed by atoms with van der Waals surface area (Å²) in [6.07, 6.45) is 2.00. The number of nitrogens with zero attached hydrogens (tertiary/aromatic N) is 6. The lowest BCUT2D eigenvalue weighted by molar-refractivity contribution is -0.564. The Kier molecular flexibility index (Phi) is 19.8. The van der Waals surface area contributed by atoms with Crippen molar-refractivity contribution >= 4 is 58.3 Å². The summed E-state index contributed by atoms with van der Waals surface area (Å²) in [6.45, 7) is 0.499. The molecule has 18 nitrogen and oxygen atoms in total. The first-order valence-corrected chi connectivity index (χ1v) is 12.5. The average Bonchev–Trinajstić information content (AvgIpc) is 3.53. The predicted molar refractivity (Wildman–Crippen MR) is 168 cm³/mol. The van der Waals surface area contributed by atoms with E-state index in [0.717, 1.165) is 11.3 Å². The lowest BCUT2D eigenvalue weighted by Gasteiger charge is -2.04. The third-order valence-electron chi connectivity index (χ3n) is 4.79. The van der Waals surface area contributed by atoms with Crippen LogP contribution in [0.3, 0.4) is 0 Å². The number of amides is 5. The molecule has 242 valence electrons. The van der Waals surface area contributed by atoms with Crippen molar-refractivity contribution in [2.75, 3.05) is 32.5 Å². The fourth-order valence-corrected chi connectivity index (χ4v) is 3.10. The number of rotatable bonds is 11. The molecule has 0 atom stereocenters. The van der Waals surface area contributed by atoms with E-state index in [1.807, 2.05) is 0 Å². The first-order valence-electron chi connectivity index (χ1n) is 12.1. The molecule has 3 rings (SSSR count). The van der Waals surface area contributed by atoms with Crippen LogP contribution in [0, 0.1) is 0 Å². The van der Waals surface area contributed by atoms with Crippen molar-refractivity contribution in [3.8, 4) is 0 Å². The highest BCUT2D eigenvalue weighted by Crippen LogP contribution is 2.09. The number of thiocarbonyl (C=S) groups is 1. The summed E-state index contributed by atoms with van der Waals surface area (Å²) in [7, 11) is 3.08. The molecule has 5 amide bonds. The quantitative estimate of drug-likeness (QED) is 0.107. The van der Waals surface area contributed by atoms with E-state index in [1.165, 1.54) is 22.6 Å². The van der Waals surface area contributed by atoms with Crippen LogP contribution in [-0.4, -0.2) is 87.2 Å². The van der Waals surface area contributed by atoms with E-state index in [2.05, 4.69) is 48.8 Å². The predicted octanol–water partition coefficient (Wildman–Crippen LogP) is -1.86. The van der Waals surface area contributed by atoms with E-state index in [-0.39, 0.29) is 70.0 Å². The van der Waals surface area contributed by atoms with Crippen LogP contribution >= 0.6 is 12.2 Å². The molecule has 0 aliphatic carbocycles. The van der Waals surface area contributed by atoms with Gasteiger partial charge in [-0.3, -0.25) is 24.0 Å². The molecule has 0 saturated carbocycles. The molecule has 0 unspecified atom stereocenters. The molecule has 2 aromatic rings. The molecule has 2 heterocycles. The van der Waals surface area contributed by atoms with Crippen molar-refractivity contribution in [2.24, 2.45) is 33.3 Å². The molecule has 44 heavy (non-hydrogen) atoms. The lowest BCUT2D eigenvalue weighted by atomic mass is 10.1. The van der Waals surface area contributed by atoms with E-state index in [9.17, 15) is 24.0 Å². The monoisotopic (exact) mass is 636 g/mol. The van der Waals surface area contributed by atoms with Gasteiger partial charge in [-0.15, -0.1) is 9.80 Å². The Morgan fingerprint density at radius 3 is 1.98 bits per heavy atom. The maximum absolute atomic E-state index is 11.0. The van der Waals surface area contributed by atoms with Crippen LogP contribution in [0.15, 0.2) is 40.8 Å². The number of aromatic nitrogens is 3. The first kappa shape index (κ1) is 40.8. The lowest BCUT2D eigenvalue weighted by Crippen LogP contribution is -2.29. The van der Waals surface area contributed by atoms with Crippen LogP contribution in [0.2, 0.25) is 0 Å². The molecule has 1 aromatic heterocycles. The average molecular weight is 637 g/mol. The van der Waals surface area contributed by atoms with Gasteiger partial charge in [0.25, 0.3) is 5.91 Å². The number of hydrogen-bond acceptors (Lipinski definition) is 10. The van der Waals surface area contributed by atoms with Gasteiger partial charge in [-0.1, -0.05) is 32.2 Å². The maximum Gasteiger partial charge on any atom is 0.261 e. The van der Waals surface area contributed by atoms with E-state index >= 15 is 0 Å². The van der Waals surface area contributed by atoms with Crippen LogP contribution < -0.4 is 38.9 Å². The minimum absolute atomic E-state index is 0. The second-order valence-electron chi connectivity index (χ2n) is 8.45. The molecule has 0 bridgehead atoms. The molecule has 1 aliphatic heterocycles. The molecule has 19 heteroatoms. The number of likely N-dealkylation sites (N-methyl/N-ethyl adjacent to an activating group) is 1. The Bertz CT molecular complexity index is 1310. The SMILES string of the molecule is C.C.CNC(=O)CC1=NN=[N+](CC(N)=O)C1.CNC(=O)Cn1cc(CC(N)=O)nn1.NC(=O)Cc1ccc(NC(N)=S)cc1. The van der Waals surface area contributed by atoms with Gasteiger partial charge >= 0.3 is 0 Å². The summed E-state index contributed by atoms with van der Waals surface area (Å²) in [5.41, 5.74) is 23.0. The van der Waals surface area contributed by atoms with Crippen LogP contribution in [0.25, 0.3) is 0 Å². The standard InChI is InChI=1S/C9H11N3OS.2C7H11N5O2.2CH4/c10-8(13)5-6-1-3-7(4-2-6)12-9(11)14;1-9-7(14)2-5-3-12(11-10-5)4-6(8)13;1-9-7(14)4-12-3-5(10-11-12)2-6(8)13;;/h1-4H,5H2,(H2,10,13)(H3,11,12,14);2-4H2,1H3,(H2-,8,9,13,14);3H,2,4H2,1H3,(H2,8,13)(H,9,14);2*1H4/p+1. The molecule has 1 aliphatic rings. The number of primary amides is 3. The Hall–Kier alpha value is -5.33. The molecule has 0 saturated heterocycles. The third-order valence-corrected chi connectivity index (χ3v) is 4.89. The van der Waals surface area contributed by atoms with Crippen molar-refractivity contribution < 1.29 is 28.7 Å². The van der Waals surface area contributed by atoms with Crippen molar-refractivity contribution in [1.82, 2.24) is 25.6 Å². The number of nitrogens with one attached hydrogen (secondary N) is 3. The second-order valence-corrected chi connectivity index (χ2v) is 8.89. The van der Waals surface area contributed by atoms with E-state index in [1.54, 1.807) is 31.3 Å². The molecule has 0 fully saturated rings. The highest BCUT2D eigenvalue weighted by molar-refractivity contribution is 7.80. The number of nitrogens with two attached hydrogens (primary N) is 4. The molecule has 1 aromatic carbocycles. The van der Waals surface area contributed by atoms with Gasteiger partial charge in [-0.2, -0.15) is 0 Å². The van der Waals surface area contributed by atoms with Crippen LogP contribution in [0.5, 0.6) is 0 Å². The molecule has 0 spiro atoms. The van der Waals surface area contributed by atoms with Gasteiger partial charge in [-0.05, 0) is 29.9 Å². The molecular weight excluding hydrogens is 594 g/mol. The Balaban J connectivity index is 0. The van der Waals surface area contributed by atoms with Crippen molar-refractivity contribution in [1.29, 1.82) is 0 Å². The molecular formula is C25H42N13O5S+. The van der Waals surface area contributed by atoms with Crippen LogP contribution in [0.4, 0.5) is 5.69 Å². The van der Waals surface area contributed by atoms with Crippen LogP contribution in [-0.2, 0) is 43.4 Å². The van der Waals surface area contributed by atoms with Crippen molar-refractivity contribution in [3.05, 3.63) is 41.7 Å². The summed E-state index contributed by atoms with van der Waals surface area (Å²) in [4.78, 5) is 53.5. The van der Waals surface area contributed by atoms with Gasteiger partial charge in [0.1, 0.15) is 11.8 Å². The third kappa shape index (κ3) is 18.2. The van der Waals surface area contributed by atoms with Gasteiger partial charge in [0, 0.05) is 26.0 Å². The zero-order chi connectivity index (χ0) is 31.7. The maximum atomic E-state index is 11.0. The van der Waals surface area contributed by atoms with Gasteiger partial charge in [0.2, 0.25) is 29.3 Å². The zero-order valence-corrected chi connectivity index (χ0v) is 23.9. The fourth-order valence-electron chi connectivity index (χ4n) is 2.98. The number of carbonyl (C=O) groups is 5. The van der Waals surface area contributed by atoms with Gasteiger partial charge < -0.3 is 38.9 Å². The minimum Gasteiger partial charge on any atom is -0.376 e. The number of anilines is 1. The Labute approximate surface area is 260 Å².